The van der Waals surface area contributed by atoms with Crippen molar-refractivity contribution in [3.05, 3.63) is 0 Å². The molecule has 0 saturated heterocycles. The van der Waals surface area contributed by atoms with Crippen molar-refractivity contribution in [1.29, 1.82) is 0 Å². The van der Waals surface area contributed by atoms with Crippen LogP contribution in [0.3, 0.4) is 0 Å². The van der Waals surface area contributed by atoms with Gasteiger partial charge in [-0.3, -0.25) is 0 Å². The second-order valence-corrected chi connectivity index (χ2v) is 4.65. The molecule has 0 N–H and O–H groups in total. The third kappa shape index (κ3) is 5.78. The molecule has 0 aromatic rings. The summed E-state index contributed by atoms with van der Waals surface area (Å²) >= 11 is 0. The number of carbonyl (C=O) groups is 1. The molecule has 15 heavy (non-hydrogen) atoms. The summed E-state index contributed by atoms with van der Waals surface area (Å²) in [6.07, 6.45) is 6.23. The van der Waals surface area contributed by atoms with Crippen molar-refractivity contribution in [1.82, 2.24) is 0 Å². The van der Waals surface area contributed by atoms with E-state index in [9.17, 15) is 4.79 Å². The Morgan fingerprint density at radius 1 is 1.27 bits per heavy atom. The third-order valence-electron chi connectivity index (χ3n) is 2.57. The van der Waals surface area contributed by atoms with Gasteiger partial charge in [0, 0.05) is 0 Å². The van der Waals surface area contributed by atoms with Gasteiger partial charge in [-0.25, -0.2) is 4.79 Å². The first kappa shape index (κ1) is 12.5. The van der Waals surface area contributed by atoms with Crippen LogP contribution in [0.25, 0.3) is 0 Å². The molecule has 0 spiro atoms. The molecule has 0 heterocycles. The fourth-order valence-corrected chi connectivity index (χ4v) is 1.72. The van der Waals surface area contributed by atoms with Gasteiger partial charge < -0.3 is 9.47 Å². The molecule has 0 aromatic heterocycles. The van der Waals surface area contributed by atoms with E-state index < -0.39 is 0 Å². The Hall–Kier alpha value is -0.570. The van der Waals surface area contributed by atoms with Crippen LogP contribution in [0.15, 0.2) is 0 Å². The average Bonchev–Trinajstić information content (AvgIpc) is 2.25. The van der Waals surface area contributed by atoms with E-state index >= 15 is 0 Å². The van der Waals surface area contributed by atoms with E-state index in [-0.39, 0.29) is 18.7 Å². The second kappa shape index (κ2) is 6.83. The van der Waals surface area contributed by atoms with Crippen LogP contribution in [0.2, 0.25) is 0 Å². The zero-order valence-electron chi connectivity index (χ0n) is 9.83. The molecule has 0 bridgehead atoms. The molecular weight excluding hydrogens is 192 g/mol. The molecule has 3 heteroatoms. The Balaban J connectivity index is 2.05. The minimum absolute atomic E-state index is 0.122. The number of carbonyl (C=O) groups excluding carboxylic acids is 1. The molecule has 0 aliphatic heterocycles. The highest BCUT2D eigenvalue weighted by Crippen LogP contribution is 2.20. The lowest BCUT2D eigenvalue weighted by atomic mass is 9.98. The van der Waals surface area contributed by atoms with Crippen molar-refractivity contribution in [2.45, 2.75) is 52.1 Å². The van der Waals surface area contributed by atoms with Gasteiger partial charge in [0.15, 0.2) is 0 Å². The molecule has 1 fully saturated rings. The summed E-state index contributed by atoms with van der Waals surface area (Å²) in [6.45, 7) is 4.66. The summed E-state index contributed by atoms with van der Waals surface area (Å²) in [5, 5.41) is 0. The van der Waals surface area contributed by atoms with Crippen molar-refractivity contribution < 1.29 is 14.3 Å². The van der Waals surface area contributed by atoms with Crippen LogP contribution >= 0.6 is 0 Å². The Bertz CT molecular complexity index is 183. The minimum atomic E-state index is -0.228. The normalized spacial score (nSPS) is 18.1. The third-order valence-corrected chi connectivity index (χ3v) is 2.57. The predicted octanol–water partition coefficient (Wildman–Crippen LogP) is 2.53. The average molecular weight is 214 g/mol. The first-order valence-corrected chi connectivity index (χ1v) is 5.95. The molecule has 88 valence electrons. The Morgan fingerprint density at radius 3 is 2.53 bits per heavy atom. The van der Waals surface area contributed by atoms with Crippen LogP contribution in [0.1, 0.15) is 46.0 Å². The van der Waals surface area contributed by atoms with E-state index in [4.69, 9.17) is 9.47 Å². The number of hydrogen-bond donors (Lipinski definition) is 0. The van der Waals surface area contributed by atoms with Gasteiger partial charge in [-0.2, -0.15) is 0 Å². The number of ether oxygens (including phenoxy) is 2. The largest absolute Gasteiger partial charge is 0.464 e. The van der Waals surface area contributed by atoms with Crippen molar-refractivity contribution in [3.8, 4) is 0 Å². The first-order valence-electron chi connectivity index (χ1n) is 5.95. The zero-order chi connectivity index (χ0) is 11.1. The smallest absolute Gasteiger partial charge is 0.332 e. The summed E-state index contributed by atoms with van der Waals surface area (Å²) in [7, 11) is 0. The topological polar surface area (TPSA) is 35.5 Å². The lowest BCUT2D eigenvalue weighted by molar-refractivity contribution is -0.152. The highest BCUT2D eigenvalue weighted by Gasteiger charge is 2.15. The van der Waals surface area contributed by atoms with E-state index in [1.54, 1.807) is 0 Å². The van der Waals surface area contributed by atoms with Gasteiger partial charge in [0.1, 0.15) is 6.61 Å². The van der Waals surface area contributed by atoms with Crippen LogP contribution < -0.4 is 0 Å². The molecule has 1 aliphatic carbocycles. The molecule has 1 saturated carbocycles. The quantitative estimate of drug-likeness (QED) is 0.660. The van der Waals surface area contributed by atoms with Crippen LogP contribution in [0, 0.1) is 5.92 Å². The molecule has 0 amide bonds. The van der Waals surface area contributed by atoms with E-state index in [1.807, 2.05) is 13.8 Å². The molecular formula is C12H22O3. The first-order chi connectivity index (χ1) is 7.18. The van der Waals surface area contributed by atoms with Gasteiger partial charge in [0.05, 0.1) is 12.7 Å². The summed E-state index contributed by atoms with van der Waals surface area (Å²) < 4.78 is 10.5. The van der Waals surface area contributed by atoms with Crippen molar-refractivity contribution in [2.24, 2.45) is 5.92 Å². The van der Waals surface area contributed by atoms with Crippen molar-refractivity contribution in [2.75, 3.05) is 13.2 Å². The maximum atomic E-state index is 11.2. The SMILES string of the molecule is CC(C)COC(=O)COC1CCCCC1. The summed E-state index contributed by atoms with van der Waals surface area (Å²) in [4.78, 5) is 11.2. The van der Waals surface area contributed by atoms with E-state index in [1.165, 1.54) is 19.3 Å². The lowest BCUT2D eigenvalue weighted by Gasteiger charge is -2.21. The summed E-state index contributed by atoms with van der Waals surface area (Å²) in [5.41, 5.74) is 0. The van der Waals surface area contributed by atoms with Gasteiger partial charge in [0.25, 0.3) is 0 Å². The molecule has 0 aromatic carbocycles. The molecule has 0 atom stereocenters. The predicted molar refractivity (Wildman–Crippen MR) is 58.6 cm³/mol. The Kier molecular flexibility index (Phi) is 5.69. The van der Waals surface area contributed by atoms with E-state index in [2.05, 4.69) is 0 Å². The fraction of sp³-hybridized carbons (Fsp3) is 0.917. The summed E-state index contributed by atoms with van der Waals surface area (Å²) in [5.74, 6) is 0.165. The van der Waals surface area contributed by atoms with Crippen molar-refractivity contribution >= 4 is 5.97 Å². The maximum absolute atomic E-state index is 11.2. The van der Waals surface area contributed by atoms with E-state index in [0.717, 1.165) is 12.8 Å². The molecule has 1 rings (SSSR count). The Morgan fingerprint density at radius 2 is 1.93 bits per heavy atom. The highest BCUT2D eigenvalue weighted by molar-refractivity contribution is 5.70. The van der Waals surface area contributed by atoms with E-state index in [0.29, 0.717) is 12.5 Å². The minimum Gasteiger partial charge on any atom is -0.464 e. The molecule has 0 radical (unpaired) electrons. The molecule has 3 nitrogen and oxygen atoms in total. The van der Waals surface area contributed by atoms with Crippen LogP contribution in [-0.4, -0.2) is 25.3 Å². The van der Waals surface area contributed by atoms with Crippen LogP contribution in [-0.2, 0) is 14.3 Å². The highest BCUT2D eigenvalue weighted by atomic mass is 16.6. The van der Waals surface area contributed by atoms with Gasteiger partial charge in [-0.15, -0.1) is 0 Å². The maximum Gasteiger partial charge on any atom is 0.332 e. The van der Waals surface area contributed by atoms with Gasteiger partial charge in [0.2, 0.25) is 0 Å². The zero-order valence-corrected chi connectivity index (χ0v) is 9.83. The van der Waals surface area contributed by atoms with Crippen LogP contribution in [0.5, 0.6) is 0 Å². The number of esters is 1. The lowest BCUT2D eigenvalue weighted by Crippen LogP contribution is -2.23. The Labute approximate surface area is 92.1 Å². The van der Waals surface area contributed by atoms with Crippen LogP contribution in [0.4, 0.5) is 0 Å². The van der Waals surface area contributed by atoms with Gasteiger partial charge in [-0.05, 0) is 18.8 Å². The standard InChI is InChI=1S/C12H22O3/c1-10(2)8-15-12(13)9-14-11-6-4-3-5-7-11/h10-11H,3-9H2,1-2H3. The molecule has 1 aliphatic rings. The summed E-state index contributed by atoms with van der Waals surface area (Å²) in [6, 6.07) is 0. The molecule has 0 unspecified atom stereocenters. The number of hydrogen-bond acceptors (Lipinski definition) is 3. The van der Waals surface area contributed by atoms with Crippen molar-refractivity contribution in [3.63, 3.8) is 0 Å². The van der Waals surface area contributed by atoms with Gasteiger partial charge >= 0.3 is 5.97 Å². The monoisotopic (exact) mass is 214 g/mol. The van der Waals surface area contributed by atoms with Gasteiger partial charge in [-0.1, -0.05) is 33.1 Å². The number of rotatable bonds is 5. The fourth-order valence-electron chi connectivity index (χ4n) is 1.72. The second-order valence-electron chi connectivity index (χ2n) is 4.65.